The second kappa shape index (κ2) is 6.37. The summed E-state index contributed by atoms with van der Waals surface area (Å²) >= 11 is 0. The molecule has 3 aromatic rings. The van der Waals surface area contributed by atoms with Crippen molar-refractivity contribution >= 4 is 23.2 Å². The third-order valence-corrected chi connectivity index (χ3v) is 5.70. The molecule has 0 aromatic carbocycles. The van der Waals surface area contributed by atoms with Crippen LogP contribution in [0.1, 0.15) is 37.9 Å². The van der Waals surface area contributed by atoms with E-state index in [4.69, 9.17) is 4.98 Å². The van der Waals surface area contributed by atoms with Gasteiger partial charge in [-0.05, 0) is 26.7 Å². The van der Waals surface area contributed by atoms with Crippen LogP contribution in [-0.4, -0.2) is 37.2 Å². The number of anilines is 3. The van der Waals surface area contributed by atoms with Crippen LogP contribution in [0.5, 0.6) is 0 Å². The highest BCUT2D eigenvalue weighted by Crippen LogP contribution is 2.58. The van der Waals surface area contributed by atoms with Crippen molar-refractivity contribution in [2.45, 2.75) is 45.6 Å². The highest BCUT2D eigenvalue weighted by Gasteiger charge is 2.52. The monoisotopic (exact) mass is 389 g/mol. The van der Waals surface area contributed by atoms with Gasteiger partial charge in [0.2, 0.25) is 5.91 Å². The Morgan fingerprint density at radius 3 is 2.76 bits per heavy atom. The Labute approximate surface area is 169 Å². The summed E-state index contributed by atoms with van der Waals surface area (Å²) in [5.41, 5.74) is 4.27. The van der Waals surface area contributed by atoms with Gasteiger partial charge in [-0.25, -0.2) is 15.0 Å². The smallest absolute Gasteiger partial charge is 0.222 e. The second-order valence-corrected chi connectivity index (χ2v) is 7.91. The van der Waals surface area contributed by atoms with Crippen molar-refractivity contribution in [3.05, 3.63) is 42.0 Å². The van der Waals surface area contributed by atoms with E-state index < -0.39 is 0 Å². The van der Waals surface area contributed by atoms with Crippen molar-refractivity contribution in [2.24, 2.45) is 0 Å². The lowest BCUT2D eigenvalue weighted by atomic mass is 10.0. The minimum atomic E-state index is -0.128. The van der Waals surface area contributed by atoms with Crippen LogP contribution in [0.25, 0.3) is 11.4 Å². The minimum Gasteiger partial charge on any atom is -0.325 e. The summed E-state index contributed by atoms with van der Waals surface area (Å²) in [6.45, 7) is 7.21. The summed E-state index contributed by atoms with van der Waals surface area (Å²) in [6, 6.07) is 3.97. The molecular weight excluding hydrogens is 366 g/mol. The minimum absolute atomic E-state index is 0.128. The summed E-state index contributed by atoms with van der Waals surface area (Å²) < 4.78 is 1.87. The van der Waals surface area contributed by atoms with Crippen molar-refractivity contribution in [3.8, 4) is 11.4 Å². The number of aryl methyl sites for hydroxylation is 2. The molecule has 8 nitrogen and oxygen atoms in total. The molecule has 0 saturated heterocycles. The van der Waals surface area contributed by atoms with Gasteiger partial charge in [0.25, 0.3) is 0 Å². The Kier molecular flexibility index (Phi) is 3.90. The van der Waals surface area contributed by atoms with Crippen LogP contribution in [-0.2, 0) is 16.8 Å². The van der Waals surface area contributed by atoms with E-state index in [0.717, 1.165) is 48.7 Å². The molecule has 0 radical (unpaired) electrons. The summed E-state index contributed by atoms with van der Waals surface area (Å²) in [5, 5.41) is 7.14. The van der Waals surface area contributed by atoms with Crippen LogP contribution >= 0.6 is 0 Å². The largest absolute Gasteiger partial charge is 0.325 e. The van der Waals surface area contributed by atoms with Gasteiger partial charge in [-0.15, -0.1) is 0 Å². The summed E-state index contributed by atoms with van der Waals surface area (Å²) in [7, 11) is 0. The van der Waals surface area contributed by atoms with Gasteiger partial charge in [0.15, 0.2) is 5.82 Å². The van der Waals surface area contributed by atoms with Gasteiger partial charge in [0.1, 0.15) is 11.6 Å². The molecule has 1 spiro atoms. The van der Waals surface area contributed by atoms with Gasteiger partial charge >= 0.3 is 0 Å². The quantitative estimate of drug-likeness (QED) is 0.737. The van der Waals surface area contributed by atoms with E-state index in [1.165, 1.54) is 12.5 Å². The number of aromatic nitrogens is 5. The Hall–Kier alpha value is -3.29. The van der Waals surface area contributed by atoms with Crippen LogP contribution in [0.2, 0.25) is 0 Å². The van der Waals surface area contributed by atoms with Crippen molar-refractivity contribution in [1.29, 1.82) is 0 Å². The maximum Gasteiger partial charge on any atom is 0.222 e. The number of rotatable bonds is 4. The van der Waals surface area contributed by atoms with E-state index in [-0.39, 0.29) is 11.3 Å². The van der Waals surface area contributed by atoms with Crippen LogP contribution < -0.4 is 10.2 Å². The third kappa shape index (κ3) is 3.04. The normalized spacial score (nSPS) is 16.2. The fraction of sp³-hybridized carbons (Fsp3) is 0.381. The van der Waals surface area contributed by atoms with Gasteiger partial charge in [0.05, 0.1) is 17.4 Å². The first kappa shape index (κ1) is 17.8. The number of hydrogen-bond donors (Lipinski definition) is 1. The molecule has 5 rings (SSSR count). The lowest BCUT2D eigenvalue weighted by Gasteiger charge is -2.20. The maximum atomic E-state index is 11.5. The van der Waals surface area contributed by atoms with E-state index in [1.54, 1.807) is 6.20 Å². The number of pyridine rings is 1. The van der Waals surface area contributed by atoms with Crippen molar-refractivity contribution in [2.75, 3.05) is 16.8 Å². The lowest BCUT2D eigenvalue weighted by Crippen LogP contribution is -2.20. The zero-order valence-corrected chi connectivity index (χ0v) is 16.8. The molecule has 0 atom stereocenters. The number of hydrogen-bond acceptors (Lipinski definition) is 6. The molecule has 29 heavy (non-hydrogen) atoms. The van der Waals surface area contributed by atoms with E-state index in [2.05, 4.69) is 32.2 Å². The Morgan fingerprint density at radius 2 is 2.07 bits per heavy atom. The number of carbonyl (C=O) groups is 1. The lowest BCUT2D eigenvalue weighted by molar-refractivity contribution is -0.114. The Bertz CT molecular complexity index is 1120. The zero-order chi connectivity index (χ0) is 20.2. The Morgan fingerprint density at radius 1 is 1.24 bits per heavy atom. The number of nitrogens with zero attached hydrogens (tertiary/aromatic N) is 6. The van der Waals surface area contributed by atoms with Gasteiger partial charge in [0, 0.05) is 61.2 Å². The van der Waals surface area contributed by atoms with Gasteiger partial charge in [-0.1, -0.05) is 0 Å². The first-order valence-electron chi connectivity index (χ1n) is 9.91. The van der Waals surface area contributed by atoms with E-state index in [0.29, 0.717) is 11.6 Å². The van der Waals surface area contributed by atoms with Gasteiger partial charge in [-0.2, -0.15) is 5.10 Å². The maximum absolute atomic E-state index is 11.5. The molecule has 1 N–H and O–H groups in total. The highest BCUT2D eigenvalue weighted by molar-refractivity contribution is 5.89. The first-order chi connectivity index (χ1) is 14.0. The average molecular weight is 389 g/mol. The number of amides is 1. The molecule has 8 heteroatoms. The van der Waals surface area contributed by atoms with Gasteiger partial charge < -0.3 is 10.2 Å². The molecule has 148 valence electrons. The van der Waals surface area contributed by atoms with Crippen LogP contribution in [0.3, 0.4) is 0 Å². The fourth-order valence-corrected chi connectivity index (χ4v) is 4.05. The summed E-state index contributed by atoms with van der Waals surface area (Å²) in [5.74, 6) is 1.97. The topological polar surface area (TPSA) is 88.8 Å². The SMILES string of the molecule is CCn1cc(-c2nc(C)cc(N3CC4(CC4)c4cnc(NC(C)=O)cc43)n2)cn1. The molecule has 3 aromatic heterocycles. The van der Waals surface area contributed by atoms with Crippen molar-refractivity contribution in [1.82, 2.24) is 24.7 Å². The molecule has 1 fully saturated rings. The van der Waals surface area contributed by atoms with E-state index >= 15 is 0 Å². The van der Waals surface area contributed by atoms with Crippen molar-refractivity contribution in [3.63, 3.8) is 0 Å². The van der Waals surface area contributed by atoms with E-state index in [9.17, 15) is 4.79 Å². The molecule has 1 aliphatic heterocycles. The van der Waals surface area contributed by atoms with Crippen LogP contribution in [0, 0.1) is 6.92 Å². The van der Waals surface area contributed by atoms with Gasteiger partial charge in [-0.3, -0.25) is 9.48 Å². The predicted molar refractivity (Wildman–Crippen MR) is 110 cm³/mol. The van der Waals surface area contributed by atoms with E-state index in [1.807, 2.05) is 36.1 Å². The molecule has 1 aliphatic carbocycles. The highest BCUT2D eigenvalue weighted by atomic mass is 16.1. The number of carbonyl (C=O) groups excluding carboxylic acids is 1. The molecule has 1 amide bonds. The average Bonchev–Trinajstić information content (AvgIpc) is 3.18. The number of fused-ring (bicyclic) bond motifs is 2. The fourth-order valence-electron chi connectivity index (χ4n) is 4.05. The second-order valence-electron chi connectivity index (χ2n) is 7.91. The summed E-state index contributed by atoms with van der Waals surface area (Å²) in [4.78, 5) is 27.7. The molecule has 1 saturated carbocycles. The van der Waals surface area contributed by atoms with Crippen molar-refractivity contribution < 1.29 is 4.79 Å². The Balaban J connectivity index is 1.57. The number of nitrogens with one attached hydrogen (secondary N) is 1. The van der Waals surface area contributed by atoms with Crippen LogP contribution in [0.15, 0.2) is 30.7 Å². The summed E-state index contributed by atoms with van der Waals surface area (Å²) in [6.07, 6.45) is 7.99. The third-order valence-electron chi connectivity index (χ3n) is 5.70. The molecule has 4 heterocycles. The first-order valence-corrected chi connectivity index (χ1v) is 9.91. The molecule has 0 bridgehead atoms. The standard InChI is InChI=1S/C21H23N7O/c1-4-27-11-15(9-23-27)20-24-13(2)7-19(26-20)28-12-21(5-6-21)16-10-22-18(8-17(16)28)25-14(3)29/h7-11H,4-6,12H2,1-3H3,(H,22,25,29). The molecule has 0 unspecified atom stereocenters. The molecule has 2 aliphatic rings. The molecular formula is C21H23N7O. The zero-order valence-electron chi connectivity index (χ0n) is 16.8. The van der Waals surface area contributed by atoms with Crippen LogP contribution in [0.4, 0.5) is 17.3 Å². The predicted octanol–water partition coefficient (Wildman–Crippen LogP) is 3.21.